The van der Waals surface area contributed by atoms with Gasteiger partial charge in [0.2, 0.25) is 5.91 Å². The lowest BCUT2D eigenvalue weighted by molar-refractivity contribution is -0.126. The summed E-state index contributed by atoms with van der Waals surface area (Å²) < 4.78 is 0. The number of hydrogen-bond donors (Lipinski definition) is 0. The molecule has 0 aliphatic carbocycles. The molecular formula is C22H17ClN2O3S. The summed E-state index contributed by atoms with van der Waals surface area (Å²) in [5, 5.41) is 4.26. The predicted molar refractivity (Wildman–Crippen MR) is 113 cm³/mol. The van der Waals surface area contributed by atoms with E-state index in [1.54, 1.807) is 40.7 Å². The normalized spacial score (nSPS) is 23.7. The number of anilines is 2. The summed E-state index contributed by atoms with van der Waals surface area (Å²) in [6.07, 6.45) is -0.857. The third kappa shape index (κ3) is 2.87. The average Bonchev–Trinajstić information content (AvgIpc) is 3.41. The van der Waals surface area contributed by atoms with Crippen molar-refractivity contribution in [3.8, 4) is 0 Å². The number of carbonyl (C=O) groups is 2. The number of amides is 2. The molecule has 29 heavy (non-hydrogen) atoms. The van der Waals surface area contributed by atoms with Crippen molar-refractivity contribution in [2.75, 3.05) is 9.96 Å². The van der Waals surface area contributed by atoms with E-state index in [4.69, 9.17) is 16.4 Å². The summed E-state index contributed by atoms with van der Waals surface area (Å²) in [6.45, 7) is 1.99. The first-order valence-corrected chi connectivity index (χ1v) is 10.5. The van der Waals surface area contributed by atoms with Crippen LogP contribution in [0.15, 0.2) is 66.0 Å². The summed E-state index contributed by atoms with van der Waals surface area (Å²) in [5.74, 6) is -1.21. The molecule has 2 fully saturated rings. The zero-order chi connectivity index (χ0) is 20.1. The number of imide groups is 1. The van der Waals surface area contributed by atoms with Crippen molar-refractivity contribution in [2.24, 2.45) is 5.92 Å². The second-order valence-corrected chi connectivity index (χ2v) is 8.53. The highest BCUT2D eigenvalue weighted by molar-refractivity contribution is 7.10. The maximum absolute atomic E-state index is 13.4. The fourth-order valence-electron chi connectivity index (χ4n) is 4.03. The molecule has 5 rings (SSSR count). The van der Waals surface area contributed by atoms with Crippen molar-refractivity contribution in [1.29, 1.82) is 0 Å². The molecule has 7 heteroatoms. The van der Waals surface area contributed by atoms with E-state index in [0.29, 0.717) is 10.7 Å². The van der Waals surface area contributed by atoms with Gasteiger partial charge in [0, 0.05) is 9.90 Å². The van der Waals surface area contributed by atoms with Crippen molar-refractivity contribution in [1.82, 2.24) is 0 Å². The van der Waals surface area contributed by atoms with Gasteiger partial charge < -0.3 is 0 Å². The molecule has 0 bridgehead atoms. The highest BCUT2D eigenvalue weighted by Gasteiger charge is 2.60. The maximum Gasteiger partial charge on any atom is 0.266 e. The molecule has 3 heterocycles. The molecule has 0 saturated carbocycles. The number of thiophene rings is 1. The first-order valence-electron chi connectivity index (χ1n) is 9.24. The Bertz CT molecular complexity index is 1080. The fourth-order valence-corrected chi connectivity index (χ4v) is 5.01. The van der Waals surface area contributed by atoms with Gasteiger partial charge in [-0.25, -0.2) is 9.96 Å². The van der Waals surface area contributed by atoms with Crippen LogP contribution in [0.5, 0.6) is 0 Å². The third-order valence-electron chi connectivity index (χ3n) is 5.39. The van der Waals surface area contributed by atoms with Gasteiger partial charge in [-0.1, -0.05) is 35.9 Å². The van der Waals surface area contributed by atoms with E-state index in [9.17, 15) is 9.59 Å². The average molecular weight is 425 g/mol. The Morgan fingerprint density at radius 2 is 1.72 bits per heavy atom. The Hall–Kier alpha value is -2.67. The molecule has 2 aromatic carbocycles. The van der Waals surface area contributed by atoms with Gasteiger partial charge >= 0.3 is 0 Å². The Labute approximate surface area is 177 Å². The lowest BCUT2D eigenvalue weighted by Crippen LogP contribution is -2.37. The van der Waals surface area contributed by atoms with E-state index in [2.05, 4.69) is 0 Å². The number of fused-ring (bicyclic) bond motifs is 1. The van der Waals surface area contributed by atoms with Gasteiger partial charge in [-0.15, -0.1) is 11.3 Å². The SMILES string of the molecule is Cc1ccccc1N1O[C@H]2C(=O)N(c3ccc(Cl)cc3)C(=O)[C@@H]2[C@@H]1c1cccs1. The number of aryl methyl sites for hydroxylation is 1. The van der Waals surface area contributed by atoms with Crippen LogP contribution >= 0.6 is 22.9 Å². The summed E-state index contributed by atoms with van der Waals surface area (Å²) in [5.41, 5.74) is 2.39. The van der Waals surface area contributed by atoms with Crippen LogP contribution in [0, 0.1) is 12.8 Å². The van der Waals surface area contributed by atoms with Crippen molar-refractivity contribution < 1.29 is 14.4 Å². The number of hydrogen-bond acceptors (Lipinski definition) is 5. The second kappa shape index (κ2) is 6.99. The van der Waals surface area contributed by atoms with E-state index in [1.807, 2.05) is 48.7 Å². The zero-order valence-corrected chi connectivity index (χ0v) is 17.1. The number of halogens is 1. The standard InChI is InChI=1S/C22H17ClN2O3S/c1-13-5-2-3-6-16(13)25-19(17-7-4-12-29-17)18-20(28-25)22(27)24(21(18)26)15-10-8-14(23)9-11-15/h2-12,18-20H,1H3/t18-,19+,20-/m1/s1. The maximum atomic E-state index is 13.4. The Morgan fingerprint density at radius 1 is 0.966 bits per heavy atom. The molecule has 5 nitrogen and oxygen atoms in total. The van der Waals surface area contributed by atoms with E-state index >= 15 is 0 Å². The summed E-state index contributed by atoms with van der Waals surface area (Å²) in [7, 11) is 0. The molecule has 0 unspecified atom stereocenters. The Kier molecular flexibility index (Phi) is 4.42. The Morgan fingerprint density at radius 3 is 2.41 bits per heavy atom. The van der Waals surface area contributed by atoms with Gasteiger partial charge in [0.25, 0.3) is 5.91 Å². The van der Waals surface area contributed by atoms with Crippen molar-refractivity contribution in [2.45, 2.75) is 19.1 Å². The highest BCUT2D eigenvalue weighted by Crippen LogP contribution is 2.49. The molecular weight excluding hydrogens is 408 g/mol. The van der Waals surface area contributed by atoms with Crippen molar-refractivity contribution >= 4 is 46.1 Å². The summed E-state index contributed by atoms with van der Waals surface area (Å²) in [4.78, 5) is 35.0. The number of rotatable bonds is 3. The lowest BCUT2D eigenvalue weighted by Gasteiger charge is -2.28. The van der Waals surface area contributed by atoms with Gasteiger partial charge in [-0.3, -0.25) is 14.4 Å². The predicted octanol–water partition coefficient (Wildman–Crippen LogP) is 4.76. The molecule has 2 aliphatic rings. The van der Waals surface area contributed by atoms with Crippen LogP contribution in [0.2, 0.25) is 5.02 Å². The Balaban J connectivity index is 1.58. The van der Waals surface area contributed by atoms with Crippen LogP contribution in [0.4, 0.5) is 11.4 Å². The molecule has 2 aliphatic heterocycles. The molecule has 0 spiro atoms. The molecule has 2 amide bonds. The van der Waals surface area contributed by atoms with Crippen LogP contribution in [0.3, 0.4) is 0 Å². The smallest absolute Gasteiger partial charge is 0.266 e. The van der Waals surface area contributed by atoms with Crippen LogP contribution < -0.4 is 9.96 Å². The summed E-state index contributed by atoms with van der Waals surface area (Å²) in [6, 6.07) is 18.1. The van der Waals surface area contributed by atoms with Gasteiger partial charge in [0.1, 0.15) is 12.0 Å². The number of benzene rings is 2. The summed E-state index contributed by atoms with van der Waals surface area (Å²) >= 11 is 7.52. The quantitative estimate of drug-likeness (QED) is 0.569. The number of hydroxylamine groups is 1. The van der Waals surface area contributed by atoms with E-state index in [0.717, 1.165) is 16.1 Å². The van der Waals surface area contributed by atoms with Crippen molar-refractivity contribution in [3.63, 3.8) is 0 Å². The molecule has 0 N–H and O–H groups in total. The number of carbonyl (C=O) groups excluding carboxylic acids is 2. The minimum atomic E-state index is -0.857. The second-order valence-electron chi connectivity index (χ2n) is 7.11. The zero-order valence-electron chi connectivity index (χ0n) is 15.5. The molecule has 3 aromatic rings. The fraction of sp³-hybridized carbons (Fsp3) is 0.182. The molecule has 2 saturated heterocycles. The minimum Gasteiger partial charge on any atom is -0.273 e. The lowest BCUT2D eigenvalue weighted by atomic mass is 9.95. The minimum absolute atomic E-state index is 0.253. The van der Waals surface area contributed by atoms with Gasteiger partial charge in [-0.2, -0.15) is 0 Å². The van der Waals surface area contributed by atoms with Crippen LogP contribution in [-0.4, -0.2) is 17.9 Å². The first-order chi connectivity index (χ1) is 14.1. The third-order valence-corrected chi connectivity index (χ3v) is 6.58. The largest absolute Gasteiger partial charge is 0.273 e. The van der Waals surface area contributed by atoms with E-state index in [-0.39, 0.29) is 17.9 Å². The van der Waals surface area contributed by atoms with E-state index in [1.165, 1.54) is 4.90 Å². The first kappa shape index (κ1) is 18.4. The van der Waals surface area contributed by atoms with Crippen molar-refractivity contribution in [3.05, 3.63) is 81.5 Å². The highest BCUT2D eigenvalue weighted by atomic mass is 35.5. The molecule has 3 atom stereocenters. The molecule has 0 radical (unpaired) electrons. The van der Waals surface area contributed by atoms with Gasteiger partial charge in [-0.05, 0) is 54.3 Å². The van der Waals surface area contributed by atoms with Gasteiger partial charge in [0.05, 0.1) is 11.4 Å². The molecule has 146 valence electrons. The van der Waals surface area contributed by atoms with Gasteiger partial charge in [0.15, 0.2) is 6.10 Å². The molecule has 1 aromatic heterocycles. The topological polar surface area (TPSA) is 49.9 Å². The van der Waals surface area contributed by atoms with Crippen LogP contribution in [0.25, 0.3) is 0 Å². The monoisotopic (exact) mass is 424 g/mol. The number of para-hydroxylation sites is 1. The number of nitrogens with zero attached hydrogens (tertiary/aromatic N) is 2. The van der Waals surface area contributed by atoms with Crippen LogP contribution in [-0.2, 0) is 14.4 Å². The van der Waals surface area contributed by atoms with E-state index < -0.39 is 12.0 Å². The van der Waals surface area contributed by atoms with Crippen LogP contribution in [0.1, 0.15) is 16.5 Å².